The first-order valence-electron chi connectivity index (χ1n) is 6.05. The highest BCUT2D eigenvalue weighted by molar-refractivity contribution is 6.35. The van der Waals surface area contributed by atoms with Gasteiger partial charge in [0, 0.05) is 26.9 Å². The van der Waals surface area contributed by atoms with Gasteiger partial charge < -0.3 is 10.5 Å². The highest BCUT2D eigenvalue weighted by atomic mass is 35.5. The summed E-state index contributed by atoms with van der Waals surface area (Å²) >= 11 is 12.2. The molecule has 0 spiro atoms. The zero-order valence-corrected chi connectivity index (χ0v) is 11.9. The zero-order valence-electron chi connectivity index (χ0n) is 10.4. The number of nitrogens with two attached hydrogens (primary N) is 1. The number of rotatable bonds is 2. The maximum absolute atomic E-state index is 6.19. The van der Waals surface area contributed by atoms with Crippen molar-refractivity contribution in [3.63, 3.8) is 0 Å². The monoisotopic (exact) mass is 303 g/mol. The Balaban J connectivity index is 2.11. The fourth-order valence-corrected chi connectivity index (χ4v) is 2.43. The lowest BCUT2D eigenvalue weighted by Crippen LogP contribution is -1.92. The van der Waals surface area contributed by atoms with Gasteiger partial charge in [-0.1, -0.05) is 47.5 Å². The molecule has 0 bridgehead atoms. The minimum Gasteiger partial charge on any atom is -0.454 e. The van der Waals surface area contributed by atoms with Crippen molar-refractivity contribution in [2.24, 2.45) is 0 Å². The molecule has 0 heterocycles. The van der Waals surface area contributed by atoms with Crippen molar-refractivity contribution in [1.82, 2.24) is 0 Å². The predicted octanol–water partition coefficient (Wildman–Crippen LogP) is 5.52. The third-order valence-corrected chi connectivity index (χ3v) is 3.59. The van der Waals surface area contributed by atoms with Gasteiger partial charge in [0.15, 0.2) is 5.75 Å². The van der Waals surface area contributed by atoms with Crippen LogP contribution in [0.1, 0.15) is 0 Å². The molecule has 20 heavy (non-hydrogen) atoms. The molecule has 0 aliphatic carbocycles. The number of nitrogen functional groups attached to an aromatic ring is 1. The van der Waals surface area contributed by atoms with Crippen LogP contribution in [-0.2, 0) is 0 Å². The van der Waals surface area contributed by atoms with Gasteiger partial charge in [0.05, 0.1) is 5.69 Å². The molecule has 0 aromatic heterocycles. The van der Waals surface area contributed by atoms with Gasteiger partial charge in [-0.2, -0.15) is 0 Å². The highest BCUT2D eigenvalue weighted by Crippen LogP contribution is 2.36. The van der Waals surface area contributed by atoms with Gasteiger partial charge in [0.25, 0.3) is 0 Å². The lowest BCUT2D eigenvalue weighted by Gasteiger charge is -2.12. The van der Waals surface area contributed by atoms with E-state index in [9.17, 15) is 0 Å². The van der Waals surface area contributed by atoms with Crippen molar-refractivity contribution in [3.8, 4) is 11.5 Å². The second kappa shape index (κ2) is 5.23. The molecule has 0 fully saturated rings. The lowest BCUT2D eigenvalue weighted by molar-refractivity contribution is 0.491. The number of benzene rings is 3. The van der Waals surface area contributed by atoms with E-state index in [2.05, 4.69) is 0 Å². The quantitative estimate of drug-likeness (QED) is 0.632. The molecule has 0 unspecified atom stereocenters. The fraction of sp³-hybridized carbons (Fsp3) is 0. The minimum atomic E-state index is 0.532. The van der Waals surface area contributed by atoms with Crippen LogP contribution in [0.5, 0.6) is 11.5 Å². The van der Waals surface area contributed by atoms with E-state index in [1.807, 2.05) is 30.3 Å². The van der Waals surface area contributed by atoms with Gasteiger partial charge in [0.1, 0.15) is 5.75 Å². The van der Waals surface area contributed by atoms with Crippen molar-refractivity contribution in [3.05, 3.63) is 64.6 Å². The average Bonchev–Trinajstić information content (AvgIpc) is 2.46. The molecule has 3 aromatic carbocycles. The van der Waals surface area contributed by atoms with Gasteiger partial charge >= 0.3 is 0 Å². The summed E-state index contributed by atoms with van der Waals surface area (Å²) in [6.45, 7) is 0. The van der Waals surface area contributed by atoms with Crippen molar-refractivity contribution < 1.29 is 4.74 Å². The van der Waals surface area contributed by atoms with Crippen molar-refractivity contribution >= 4 is 39.7 Å². The van der Waals surface area contributed by atoms with Crippen LogP contribution in [0.25, 0.3) is 10.8 Å². The van der Waals surface area contributed by atoms with Crippen molar-refractivity contribution in [2.75, 3.05) is 5.73 Å². The van der Waals surface area contributed by atoms with Gasteiger partial charge in [-0.25, -0.2) is 0 Å². The summed E-state index contributed by atoms with van der Waals surface area (Å²) in [6.07, 6.45) is 0. The first kappa shape index (κ1) is 13.1. The van der Waals surface area contributed by atoms with Crippen LogP contribution in [0, 0.1) is 0 Å². The normalized spacial score (nSPS) is 10.7. The molecule has 0 aliphatic heterocycles. The zero-order chi connectivity index (χ0) is 14.1. The number of ether oxygens (including phenoxy) is 1. The molecule has 0 saturated carbocycles. The third kappa shape index (κ3) is 2.40. The highest BCUT2D eigenvalue weighted by Gasteiger charge is 2.08. The smallest absolute Gasteiger partial charge is 0.151 e. The Labute approximate surface area is 126 Å². The summed E-state index contributed by atoms with van der Waals surface area (Å²) in [4.78, 5) is 0. The van der Waals surface area contributed by atoms with Crippen LogP contribution < -0.4 is 10.5 Å². The standard InChI is InChI=1S/C16H11Cl2NO/c17-10-5-7-14(19)16(9-10)20-15-8-6-13(18)11-3-1-2-4-12(11)15/h1-9H,19H2. The summed E-state index contributed by atoms with van der Waals surface area (Å²) in [5, 5.41) is 3.13. The second-order valence-corrected chi connectivity index (χ2v) is 5.22. The molecule has 100 valence electrons. The lowest BCUT2D eigenvalue weighted by atomic mass is 10.1. The van der Waals surface area contributed by atoms with Crippen molar-refractivity contribution in [2.45, 2.75) is 0 Å². The van der Waals surface area contributed by atoms with Gasteiger partial charge in [0.2, 0.25) is 0 Å². The van der Waals surface area contributed by atoms with Gasteiger partial charge in [-0.3, -0.25) is 0 Å². The van der Waals surface area contributed by atoms with Crippen LogP contribution >= 0.6 is 23.2 Å². The van der Waals surface area contributed by atoms with E-state index in [0.717, 1.165) is 10.8 Å². The summed E-state index contributed by atoms with van der Waals surface area (Å²) in [5.41, 5.74) is 6.44. The maximum atomic E-state index is 6.19. The van der Waals surface area contributed by atoms with Crippen LogP contribution in [0.15, 0.2) is 54.6 Å². The summed E-state index contributed by atoms with van der Waals surface area (Å²) in [5.74, 6) is 1.23. The Hall–Kier alpha value is -1.90. The molecule has 0 radical (unpaired) electrons. The summed E-state index contributed by atoms with van der Waals surface area (Å²) in [6, 6.07) is 16.5. The third-order valence-electron chi connectivity index (χ3n) is 3.03. The van der Waals surface area contributed by atoms with Crippen LogP contribution in [0.2, 0.25) is 10.0 Å². The predicted molar refractivity (Wildman–Crippen MR) is 84.9 cm³/mol. The summed E-state index contributed by atoms with van der Waals surface area (Å²) < 4.78 is 5.89. The molecule has 3 aromatic rings. The molecule has 0 amide bonds. The maximum Gasteiger partial charge on any atom is 0.151 e. The SMILES string of the molecule is Nc1ccc(Cl)cc1Oc1ccc(Cl)c2ccccc12. The van der Waals surface area contributed by atoms with Gasteiger partial charge in [-0.15, -0.1) is 0 Å². The Bertz CT molecular complexity index is 787. The molecule has 4 heteroatoms. The van der Waals surface area contributed by atoms with E-state index in [0.29, 0.717) is 27.2 Å². The number of hydrogen-bond acceptors (Lipinski definition) is 2. The second-order valence-electron chi connectivity index (χ2n) is 4.38. The first-order valence-corrected chi connectivity index (χ1v) is 6.81. The summed E-state index contributed by atoms with van der Waals surface area (Å²) in [7, 11) is 0. The van der Waals surface area contributed by atoms with Crippen molar-refractivity contribution in [1.29, 1.82) is 0 Å². The molecule has 0 aliphatic rings. The van der Waals surface area contributed by atoms with E-state index >= 15 is 0 Å². The van der Waals surface area contributed by atoms with Gasteiger partial charge in [-0.05, 0) is 24.3 Å². The average molecular weight is 304 g/mol. The largest absolute Gasteiger partial charge is 0.454 e. The molecule has 2 nitrogen and oxygen atoms in total. The van der Waals surface area contributed by atoms with Crippen LogP contribution in [-0.4, -0.2) is 0 Å². The molecule has 0 atom stereocenters. The molecule has 0 saturated heterocycles. The van der Waals surface area contributed by atoms with E-state index < -0.39 is 0 Å². The van der Waals surface area contributed by atoms with Crippen LogP contribution in [0.4, 0.5) is 5.69 Å². The van der Waals surface area contributed by atoms with E-state index in [-0.39, 0.29) is 0 Å². The van der Waals surface area contributed by atoms with E-state index in [4.69, 9.17) is 33.7 Å². The van der Waals surface area contributed by atoms with Crippen LogP contribution in [0.3, 0.4) is 0 Å². The number of halogens is 2. The molecule has 2 N–H and O–H groups in total. The van der Waals surface area contributed by atoms with E-state index in [1.165, 1.54) is 0 Å². The van der Waals surface area contributed by atoms with E-state index in [1.54, 1.807) is 24.3 Å². The number of anilines is 1. The Kier molecular flexibility index (Phi) is 3.43. The Morgan fingerprint density at radius 3 is 2.35 bits per heavy atom. The Morgan fingerprint density at radius 1 is 0.800 bits per heavy atom. The minimum absolute atomic E-state index is 0.532. The molecular weight excluding hydrogens is 293 g/mol. The number of fused-ring (bicyclic) bond motifs is 1. The molecular formula is C16H11Cl2NO. The molecule has 3 rings (SSSR count). The fourth-order valence-electron chi connectivity index (χ4n) is 2.04. The number of hydrogen-bond donors (Lipinski definition) is 1. The Morgan fingerprint density at radius 2 is 1.55 bits per heavy atom. The topological polar surface area (TPSA) is 35.2 Å². The first-order chi connectivity index (χ1) is 9.65.